The Kier molecular flexibility index (Phi) is 6.36. The van der Waals surface area contributed by atoms with Crippen molar-refractivity contribution in [1.82, 2.24) is 4.90 Å². The van der Waals surface area contributed by atoms with Crippen molar-refractivity contribution in [2.75, 3.05) is 10.7 Å². The number of rotatable bonds is 3. The van der Waals surface area contributed by atoms with Crippen molar-refractivity contribution in [2.45, 2.75) is 44.1 Å². The topological polar surface area (TPSA) is 40.6 Å². The highest BCUT2D eigenvalue weighted by Crippen LogP contribution is 2.44. The number of fused-ring (bicyclic) bond motifs is 1. The Bertz CT molecular complexity index is 1280. The van der Waals surface area contributed by atoms with Gasteiger partial charge in [0, 0.05) is 23.0 Å². The Morgan fingerprint density at radius 1 is 0.971 bits per heavy atom. The maximum absolute atomic E-state index is 14.1. The van der Waals surface area contributed by atoms with Crippen molar-refractivity contribution in [2.24, 2.45) is 0 Å². The van der Waals surface area contributed by atoms with Crippen molar-refractivity contribution in [3.05, 3.63) is 101 Å². The van der Waals surface area contributed by atoms with Crippen LogP contribution in [0, 0.1) is 18.6 Å². The van der Waals surface area contributed by atoms with Crippen LogP contribution in [0.4, 0.5) is 14.5 Å². The minimum absolute atomic E-state index is 0.0880. The van der Waals surface area contributed by atoms with E-state index in [2.05, 4.69) is 0 Å². The number of hydrogen-bond acceptors (Lipinski definition) is 3. The van der Waals surface area contributed by atoms with Gasteiger partial charge < -0.3 is 9.80 Å². The van der Waals surface area contributed by atoms with Crippen LogP contribution < -0.4 is 4.90 Å². The van der Waals surface area contributed by atoms with Crippen molar-refractivity contribution >= 4 is 29.3 Å². The summed E-state index contributed by atoms with van der Waals surface area (Å²) in [4.78, 5) is 31.2. The lowest BCUT2D eigenvalue weighted by Crippen LogP contribution is -2.53. The van der Waals surface area contributed by atoms with Gasteiger partial charge in [0.2, 0.25) is 0 Å². The second-order valence-corrected chi connectivity index (χ2v) is 10.3. The van der Waals surface area contributed by atoms with E-state index in [1.165, 1.54) is 36.0 Å². The molecule has 2 amide bonds. The van der Waals surface area contributed by atoms with Crippen LogP contribution in [0.25, 0.3) is 0 Å². The van der Waals surface area contributed by atoms with E-state index in [4.69, 9.17) is 0 Å². The summed E-state index contributed by atoms with van der Waals surface area (Å²) in [5.74, 6) is -0.800. The number of carbonyl (C=O) groups is 2. The van der Waals surface area contributed by atoms with Gasteiger partial charge in [-0.05, 0) is 80.3 Å². The van der Waals surface area contributed by atoms with Crippen LogP contribution in [0.15, 0.2) is 66.7 Å². The second-order valence-electron chi connectivity index (χ2n) is 9.20. The number of nitrogens with zero attached hydrogens (tertiary/aromatic N) is 2. The maximum Gasteiger partial charge on any atom is 0.255 e. The summed E-state index contributed by atoms with van der Waals surface area (Å²) < 4.78 is 28.0. The van der Waals surface area contributed by atoms with Gasteiger partial charge >= 0.3 is 0 Å². The number of aryl methyl sites for hydroxylation is 2. The molecule has 0 N–H and O–H groups in total. The van der Waals surface area contributed by atoms with Crippen LogP contribution in [0.2, 0.25) is 0 Å². The van der Waals surface area contributed by atoms with Crippen LogP contribution in [0.3, 0.4) is 0 Å². The van der Waals surface area contributed by atoms with Gasteiger partial charge in [-0.3, -0.25) is 9.59 Å². The number of thioether (sulfide) groups is 1. The van der Waals surface area contributed by atoms with Gasteiger partial charge in [0.1, 0.15) is 23.1 Å². The molecule has 7 heteroatoms. The number of carbonyl (C=O) groups excluding carboxylic acids is 2. The number of hydrogen-bond donors (Lipinski definition) is 0. The molecule has 0 aliphatic carbocycles. The molecule has 180 valence electrons. The largest absolute Gasteiger partial charge is 0.310 e. The van der Waals surface area contributed by atoms with Gasteiger partial charge in [-0.1, -0.05) is 29.8 Å². The molecule has 1 fully saturated rings. The maximum atomic E-state index is 14.1. The summed E-state index contributed by atoms with van der Waals surface area (Å²) in [5.41, 5.74) is 3.63. The summed E-state index contributed by atoms with van der Waals surface area (Å²) in [7, 11) is 0. The third-order valence-corrected chi connectivity index (χ3v) is 8.09. The Labute approximate surface area is 207 Å². The fraction of sp³-hybridized carbons (Fsp3) is 0.286. The first kappa shape index (κ1) is 23.5. The number of anilines is 1. The van der Waals surface area contributed by atoms with E-state index in [0.29, 0.717) is 35.4 Å². The third-order valence-electron chi connectivity index (χ3n) is 6.76. The third kappa shape index (κ3) is 4.45. The van der Waals surface area contributed by atoms with Gasteiger partial charge in [0.15, 0.2) is 0 Å². The zero-order chi connectivity index (χ0) is 24.7. The molecule has 2 heterocycles. The molecule has 35 heavy (non-hydrogen) atoms. The minimum Gasteiger partial charge on any atom is -0.310 e. The lowest BCUT2D eigenvalue weighted by Gasteiger charge is -2.39. The lowest BCUT2D eigenvalue weighted by molar-refractivity contribution is -0.122. The molecule has 2 aliphatic rings. The predicted molar refractivity (Wildman–Crippen MR) is 134 cm³/mol. The summed E-state index contributed by atoms with van der Waals surface area (Å²) in [6.07, 6.45) is 1.40. The van der Waals surface area contributed by atoms with Gasteiger partial charge in [-0.15, -0.1) is 11.8 Å². The monoisotopic (exact) mass is 492 g/mol. The molecule has 0 radical (unpaired) electrons. The molecular weight excluding hydrogens is 466 g/mol. The molecule has 2 aliphatic heterocycles. The van der Waals surface area contributed by atoms with Crippen molar-refractivity contribution in [3.8, 4) is 0 Å². The molecule has 3 aromatic carbocycles. The SMILES string of the molecule is Cc1ccc(C(=O)N2C(C(=O)N3c4ccc(F)cc4CCC3C)CSC2c2cccc(F)c2)cc1. The smallest absolute Gasteiger partial charge is 0.255 e. The molecular formula is C28H26F2N2O2S. The summed E-state index contributed by atoms with van der Waals surface area (Å²) in [6.45, 7) is 3.92. The molecule has 0 saturated carbocycles. The van der Waals surface area contributed by atoms with Gasteiger partial charge in [0.05, 0.1) is 0 Å². The normalized spacial score (nSPS) is 21.7. The fourth-order valence-electron chi connectivity index (χ4n) is 4.92. The number of benzene rings is 3. The molecule has 0 bridgehead atoms. The van der Waals surface area contributed by atoms with E-state index in [1.807, 2.05) is 26.0 Å². The van der Waals surface area contributed by atoms with Gasteiger partial charge in [0.25, 0.3) is 11.8 Å². The van der Waals surface area contributed by atoms with Crippen LogP contribution in [-0.4, -0.2) is 34.6 Å². The predicted octanol–water partition coefficient (Wildman–Crippen LogP) is 5.90. The van der Waals surface area contributed by atoms with E-state index >= 15 is 0 Å². The summed E-state index contributed by atoms with van der Waals surface area (Å²) in [5, 5.41) is -0.499. The molecule has 3 aromatic rings. The average molecular weight is 493 g/mol. The standard InChI is InChI=1S/C28H26F2N2O2S/c1-17-6-9-19(10-7-17)26(33)32-25(16-35-28(32)21-4-3-5-22(29)15-21)27(34)31-18(2)8-11-20-14-23(30)12-13-24(20)31/h3-7,9-10,12-15,18,25,28H,8,11,16H2,1-2H3. The fourth-order valence-corrected chi connectivity index (χ4v) is 6.33. The van der Waals surface area contributed by atoms with E-state index in [9.17, 15) is 18.4 Å². The van der Waals surface area contributed by atoms with Crippen molar-refractivity contribution < 1.29 is 18.4 Å². The highest BCUT2D eigenvalue weighted by molar-refractivity contribution is 7.99. The first-order chi connectivity index (χ1) is 16.8. The highest BCUT2D eigenvalue weighted by Gasteiger charge is 2.45. The van der Waals surface area contributed by atoms with Crippen LogP contribution in [0.1, 0.15) is 45.8 Å². The van der Waals surface area contributed by atoms with Gasteiger partial charge in [-0.25, -0.2) is 8.78 Å². The zero-order valence-electron chi connectivity index (χ0n) is 19.6. The van der Waals surface area contributed by atoms with E-state index in [0.717, 1.165) is 11.1 Å². The van der Waals surface area contributed by atoms with Gasteiger partial charge in [-0.2, -0.15) is 0 Å². The minimum atomic E-state index is -0.736. The van der Waals surface area contributed by atoms with E-state index < -0.39 is 11.4 Å². The first-order valence-electron chi connectivity index (χ1n) is 11.7. The average Bonchev–Trinajstić information content (AvgIpc) is 3.29. The molecule has 1 saturated heterocycles. The van der Waals surface area contributed by atoms with Crippen molar-refractivity contribution in [3.63, 3.8) is 0 Å². The summed E-state index contributed by atoms with van der Waals surface area (Å²) in [6, 6.07) is 17.1. The van der Waals surface area contributed by atoms with E-state index in [-0.39, 0.29) is 29.5 Å². The second kappa shape index (κ2) is 9.46. The number of amides is 2. The first-order valence-corrected chi connectivity index (χ1v) is 12.8. The quantitative estimate of drug-likeness (QED) is 0.457. The van der Waals surface area contributed by atoms with Crippen LogP contribution >= 0.6 is 11.8 Å². The Balaban J connectivity index is 1.55. The van der Waals surface area contributed by atoms with E-state index in [1.54, 1.807) is 40.1 Å². The zero-order valence-corrected chi connectivity index (χ0v) is 20.4. The Morgan fingerprint density at radius 2 is 1.71 bits per heavy atom. The Hall–Kier alpha value is -3.19. The molecule has 5 rings (SSSR count). The molecule has 0 spiro atoms. The van der Waals surface area contributed by atoms with Crippen molar-refractivity contribution in [1.29, 1.82) is 0 Å². The number of halogens is 2. The molecule has 3 atom stereocenters. The summed E-state index contributed by atoms with van der Waals surface area (Å²) >= 11 is 1.45. The molecule has 3 unspecified atom stereocenters. The van der Waals surface area contributed by atoms with Crippen LogP contribution in [-0.2, 0) is 11.2 Å². The molecule has 0 aromatic heterocycles. The highest BCUT2D eigenvalue weighted by atomic mass is 32.2. The lowest BCUT2D eigenvalue weighted by atomic mass is 9.95. The van der Waals surface area contributed by atoms with Crippen LogP contribution in [0.5, 0.6) is 0 Å². The molecule has 4 nitrogen and oxygen atoms in total. The Morgan fingerprint density at radius 3 is 2.46 bits per heavy atom.